The molecule has 0 saturated carbocycles. The monoisotopic (exact) mass is 409 g/mol. The molecule has 0 bridgehead atoms. The fourth-order valence-corrected chi connectivity index (χ4v) is 2.44. The standard InChI is InChI=1S/C18H9F6N5/c19-17(20,21)12-7-10(6-11(8-12)16-14(9-25)27-29-28-16)4-5-13-2-1-3-15(26-13)18(22,23)24/h1-8H,(H,27,28,29)/b5-4+. The van der Waals surface area contributed by atoms with Gasteiger partial charge in [0.05, 0.1) is 11.3 Å². The van der Waals surface area contributed by atoms with E-state index in [1.54, 1.807) is 6.07 Å². The molecule has 0 fully saturated rings. The molecule has 0 aliphatic rings. The van der Waals surface area contributed by atoms with Crippen LogP contribution in [0.25, 0.3) is 23.4 Å². The van der Waals surface area contributed by atoms with E-state index in [1.807, 2.05) is 0 Å². The Labute approximate surface area is 159 Å². The molecule has 0 aliphatic heterocycles. The number of pyridine rings is 1. The number of benzene rings is 1. The van der Waals surface area contributed by atoms with Crippen LogP contribution in [0.5, 0.6) is 0 Å². The molecule has 2 heterocycles. The van der Waals surface area contributed by atoms with Crippen LogP contribution in [0.4, 0.5) is 26.3 Å². The third-order valence-corrected chi connectivity index (χ3v) is 3.72. The minimum absolute atomic E-state index is 0.0261. The molecule has 0 radical (unpaired) electrons. The van der Waals surface area contributed by atoms with Crippen LogP contribution in [0.2, 0.25) is 0 Å². The first kappa shape index (κ1) is 20.1. The predicted molar refractivity (Wildman–Crippen MR) is 89.7 cm³/mol. The van der Waals surface area contributed by atoms with E-state index in [2.05, 4.69) is 20.4 Å². The number of hydrogen-bond acceptors (Lipinski definition) is 4. The minimum Gasteiger partial charge on any atom is -0.247 e. The number of hydrogen-bond donors (Lipinski definition) is 1. The van der Waals surface area contributed by atoms with Crippen molar-refractivity contribution in [3.8, 4) is 17.3 Å². The molecule has 29 heavy (non-hydrogen) atoms. The van der Waals surface area contributed by atoms with E-state index in [9.17, 15) is 26.3 Å². The Morgan fingerprint density at radius 2 is 1.72 bits per heavy atom. The largest absolute Gasteiger partial charge is 0.433 e. The van der Waals surface area contributed by atoms with Crippen LogP contribution in [0.1, 0.15) is 28.2 Å². The van der Waals surface area contributed by atoms with Gasteiger partial charge in [0.1, 0.15) is 17.5 Å². The first-order valence-corrected chi connectivity index (χ1v) is 7.84. The van der Waals surface area contributed by atoms with Gasteiger partial charge in [-0.05, 0) is 42.0 Å². The molecule has 0 spiro atoms. The molecule has 0 aliphatic carbocycles. The molecular formula is C18H9F6N5. The molecule has 1 N–H and O–H groups in total. The number of nitriles is 1. The zero-order chi connectivity index (χ0) is 21.2. The lowest BCUT2D eigenvalue weighted by molar-refractivity contribution is -0.141. The minimum atomic E-state index is -4.69. The Balaban J connectivity index is 2.05. The van der Waals surface area contributed by atoms with Gasteiger partial charge in [0.15, 0.2) is 5.69 Å². The zero-order valence-electron chi connectivity index (χ0n) is 14.2. The van der Waals surface area contributed by atoms with Crippen LogP contribution in [0.3, 0.4) is 0 Å². The molecule has 11 heteroatoms. The maximum atomic E-state index is 13.2. The number of halogens is 6. The normalized spacial score (nSPS) is 12.3. The highest BCUT2D eigenvalue weighted by Crippen LogP contribution is 2.34. The lowest BCUT2D eigenvalue weighted by atomic mass is 10.0. The van der Waals surface area contributed by atoms with E-state index in [-0.39, 0.29) is 28.2 Å². The van der Waals surface area contributed by atoms with E-state index in [0.717, 1.165) is 30.3 Å². The van der Waals surface area contributed by atoms with Gasteiger partial charge in [-0.1, -0.05) is 17.4 Å². The molecule has 3 rings (SSSR count). The predicted octanol–water partition coefficient (Wildman–Crippen LogP) is 4.95. The summed E-state index contributed by atoms with van der Waals surface area (Å²) in [7, 11) is 0. The van der Waals surface area contributed by atoms with Gasteiger partial charge in [0.25, 0.3) is 0 Å². The van der Waals surface area contributed by atoms with Crippen LogP contribution < -0.4 is 0 Å². The average Bonchev–Trinajstić information content (AvgIpc) is 3.14. The first-order valence-electron chi connectivity index (χ1n) is 7.84. The van der Waals surface area contributed by atoms with E-state index >= 15 is 0 Å². The number of aromatic nitrogens is 4. The fraction of sp³-hybridized carbons (Fsp3) is 0.111. The van der Waals surface area contributed by atoms with Crippen molar-refractivity contribution in [1.29, 1.82) is 5.26 Å². The highest BCUT2D eigenvalue weighted by Gasteiger charge is 2.33. The van der Waals surface area contributed by atoms with Crippen LogP contribution in [-0.4, -0.2) is 20.4 Å². The molecule has 3 aromatic rings. The summed E-state index contributed by atoms with van der Waals surface area (Å²) < 4.78 is 78.0. The van der Waals surface area contributed by atoms with E-state index in [0.29, 0.717) is 0 Å². The summed E-state index contributed by atoms with van der Waals surface area (Å²) in [6.07, 6.45) is -6.99. The quantitative estimate of drug-likeness (QED) is 0.621. The van der Waals surface area contributed by atoms with Crippen LogP contribution in [-0.2, 0) is 12.4 Å². The van der Waals surface area contributed by atoms with Crippen molar-refractivity contribution in [3.05, 3.63) is 64.6 Å². The van der Waals surface area contributed by atoms with Crippen LogP contribution in [0, 0.1) is 11.3 Å². The maximum absolute atomic E-state index is 13.2. The molecule has 0 atom stereocenters. The highest BCUT2D eigenvalue weighted by molar-refractivity contribution is 5.74. The molecule has 148 valence electrons. The summed E-state index contributed by atoms with van der Waals surface area (Å²) >= 11 is 0. The van der Waals surface area contributed by atoms with E-state index in [1.165, 1.54) is 18.2 Å². The zero-order valence-corrected chi connectivity index (χ0v) is 14.2. The number of nitrogens with one attached hydrogen (secondary N) is 1. The third kappa shape index (κ3) is 4.60. The molecule has 0 unspecified atom stereocenters. The summed E-state index contributed by atoms with van der Waals surface area (Å²) in [4.78, 5) is 3.43. The number of alkyl halides is 6. The Morgan fingerprint density at radius 1 is 0.966 bits per heavy atom. The summed E-state index contributed by atoms with van der Waals surface area (Å²) in [6.45, 7) is 0. The number of rotatable bonds is 3. The van der Waals surface area contributed by atoms with Gasteiger partial charge in [0.2, 0.25) is 0 Å². The Morgan fingerprint density at radius 3 is 2.38 bits per heavy atom. The maximum Gasteiger partial charge on any atom is 0.433 e. The molecule has 0 saturated heterocycles. The van der Waals surface area contributed by atoms with Crippen molar-refractivity contribution >= 4 is 12.2 Å². The summed E-state index contributed by atoms with van der Waals surface area (Å²) in [5.74, 6) is 0. The van der Waals surface area contributed by atoms with Crippen molar-refractivity contribution < 1.29 is 26.3 Å². The molecule has 1 aromatic carbocycles. The molecule has 0 amide bonds. The van der Waals surface area contributed by atoms with Gasteiger partial charge in [-0.2, -0.15) is 31.6 Å². The second kappa shape index (κ2) is 7.38. The number of aromatic amines is 1. The Kier molecular flexibility index (Phi) is 5.11. The van der Waals surface area contributed by atoms with Gasteiger partial charge in [-0.3, -0.25) is 0 Å². The average molecular weight is 409 g/mol. The second-order valence-electron chi connectivity index (χ2n) is 5.77. The van der Waals surface area contributed by atoms with E-state index < -0.39 is 23.6 Å². The second-order valence-corrected chi connectivity index (χ2v) is 5.77. The smallest absolute Gasteiger partial charge is 0.247 e. The van der Waals surface area contributed by atoms with Crippen molar-refractivity contribution in [2.45, 2.75) is 12.4 Å². The van der Waals surface area contributed by atoms with Crippen LogP contribution in [0.15, 0.2) is 36.4 Å². The lowest BCUT2D eigenvalue weighted by Crippen LogP contribution is -2.08. The van der Waals surface area contributed by atoms with Crippen molar-refractivity contribution in [2.75, 3.05) is 0 Å². The van der Waals surface area contributed by atoms with Gasteiger partial charge < -0.3 is 0 Å². The molecule has 5 nitrogen and oxygen atoms in total. The topological polar surface area (TPSA) is 78.2 Å². The Hall–Kier alpha value is -3.68. The van der Waals surface area contributed by atoms with Crippen molar-refractivity contribution in [1.82, 2.24) is 20.4 Å². The number of H-pyrrole nitrogens is 1. The van der Waals surface area contributed by atoms with Crippen molar-refractivity contribution in [3.63, 3.8) is 0 Å². The fourth-order valence-electron chi connectivity index (χ4n) is 2.44. The lowest BCUT2D eigenvalue weighted by Gasteiger charge is -2.10. The molecular weight excluding hydrogens is 400 g/mol. The van der Waals surface area contributed by atoms with Gasteiger partial charge >= 0.3 is 12.4 Å². The third-order valence-electron chi connectivity index (χ3n) is 3.72. The highest BCUT2D eigenvalue weighted by atomic mass is 19.4. The van der Waals surface area contributed by atoms with Gasteiger partial charge in [-0.15, -0.1) is 5.10 Å². The summed E-state index contributed by atoms with van der Waals surface area (Å²) in [5.41, 5.74) is -2.42. The van der Waals surface area contributed by atoms with Crippen molar-refractivity contribution in [2.24, 2.45) is 0 Å². The number of nitrogens with zero attached hydrogens (tertiary/aromatic N) is 4. The SMILES string of the molecule is N#Cc1[nH]nnc1-c1cc(/C=C/c2cccc(C(F)(F)F)n2)cc(C(F)(F)F)c1. The van der Waals surface area contributed by atoms with Gasteiger partial charge in [0, 0.05) is 5.56 Å². The van der Waals surface area contributed by atoms with Crippen LogP contribution >= 0.6 is 0 Å². The van der Waals surface area contributed by atoms with Gasteiger partial charge in [-0.25, -0.2) is 10.1 Å². The molecule has 2 aromatic heterocycles. The summed E-state index contributed by atoms with van der Waals surface area (Å²) in [6, 6.07) is 7.87. The Bertz CT molecular complexity index is 1100. The van der Waals surface area contributed by atoms with E-state index in [4.69, 9.17) is 5.26 Å². The first-order chi connectivity index (χ1) is 13.6. The summed E-state index contributed by atoms with van der Waals surface area (Å²) in [5, 5.41) is 18.3.